The molecule has 0 radical (unpaired) electrons. The number of fused-ring (bicyclic) bond motifs is 1. The van der Waals surface area contributed by atoms with Crippen LogP contribution in [0.25, 0.3) is 0 Å². The Morgan fingerprint density at radius 2 is 2.06 bits per heavy atom. The SMILES string of the molecule is CSc1cc([C@H](C)Nc2ncnc3c2CN(c2ccc(C)cc2C#N)CC3)ccc1Cl. The summed E-state index contributed by atoms with van der Waals surface area (Å²) in [6.07, 6.45) is 4.47. The summed E-state index contributed by atoms with van der Waals surface area (Å²) < 4.78 is 0. The van der Waals surface area contributed by atoms with Gasteiger partial charge < -0.3 is 10.2 Å². The number of thioether (sulfide) groups is 1. The molecule has 0 aliphatic carbocycles. The number of nitriles is 1. The van der Waals surface area contributed by atoms with E-state index in [0.29, 0.717) is 12.1 Å². The van der Waals surface area contributed by atoms with Crippen LogP contribution in [0.1, 0.15) is 40.9 Å². The maximum atomic E-state index is 9.61. The molecule has 7 heteroatoms. The molecule has 2 aromatic carbocycles. The van der Waals surface area contributed by atoms with E-state index in [2.05, 4.69) is 45.3 Å². The van der Waals surface area contributed by atoms with Crippen LogP contribution in [0.5, 0.6) is 0 Å². The first kappa shape index (κ1) is 21.5. The van der Waals surface area contributed by atoms with Gasteiger partial charge in [0.1, 0.15) is 18.2 Å². The lowest BCUT2D eigenvalue weighted by Gasteiger charge is -2.32. The van der Waals surface area contributed by atoms with Crippen LogP contribution < -0.4 is 10.2 Å². The minimum Gasteiger partial charge on any atom is -0.366 e. The van der Waals surface area contributed by atoms with E-state index in [-0.39, 0.29) is 6.04 Å². The van der Waals surface area contributed by atoms with E-state index < -0.39 is 0 Å². The smallest absolute Gasteiger partial charge is 0.135 e. The number of rotatable bonds is 5. The number of nitrogens with one attached hydrogen (secondary N) is 1. The molecule has 1 atom stereocenters. The van der Waals surface area contributed by atoms with Gasteiger partial charge in [-0.3, -0.25) is 0 Å². The third kappa shape index (κ3) is 4.48. The largest absolute Gasteiger partial charge is 0.366 e. The molecule has 1 N–H and O–H groups in total. The van der Waals surface area contributed by atoms with Gasteiger partial charge >= 0.3 is 0 Å². The fraction of sp³-hybridized carbons (Fsp3) is 0.292. The van der Waals surface area contributed by atoms with Crippen LogP contribution in [-0.2, 0) is 13.0 Å². The summed E-state index contributed by atoms with van der Waals surface area (Å²) in [5.74, 6) is 0.841. The van der Waals surface area contributed by atoms with Gasteiger partial charge in [-0.05, 0) is 55.5 Å². The van der Waals surface area contributed by atoms with Gasteiger partial charge in [0.25, 0.3) is 0 Å². The van der Waals surface area contributed by atoms with E-state index in [1.165, 1.54) is 0 Å². The molecular formula is C24H24ClN5S. The van der Waals surface area contributed by atoms with Crippen LogP contribution in [0.3, 0.4) is 0 Å². The zero-order chi connectivity index (χ0) is 22.0. The fourth-order valence-corrected chi connectivity index (χ4v) is 4.79. The highest BCUT2D eigenvalue weighted by Crippen LogP contribution is 2.33. The average molecular weight is 450 g/mol. The summed E-state index contributed by atoms with van der Waals surface area (Å²) in [5, 5.41) is 13.9. The molecule has 31 heavy (non-hydrogen) atoms. The molecule has 5 nitrogen and oxygen atoms in total. The molecule has 3 aromatic rings. The van der Waals surface area contributed by atoms with Crippen molar-refractivity contribution < 1.29 is 0 Å². The number of nitrogens with zero attached hydrogens (tertiary/aromatic N) is 4. The first-order valence-electron chi connectivity index (χ1n) is 10.2. The standard InChI is InChI=1S/C24H24ClN5S/c1-15-4-7-22(18(10-15)12-26)30-9-8-21-19(13-30)24(28-14-27-21)29-16(2)17-5-6-20(25)23(11-17)31-3/h4-7,10-11,14,16H,8-9,13H2,1-3H3,(H,27,28,29)/t16-/m0/s1. The molecule has 4 rings (SSSR count). The number of hydrogen-bond acceptors (Lipinski definition) is 6. The van der Waals surface area contributed by atoms with Crippen LogP contribution in [0.2, 0.25) is 5.02 Å². The highest BCUT2D eigenvalue weighted by molar-refractivity contribution is 7.98. The number of halogens is 1. The Hall–Kier alpha value is -2.75. The van der Waals surface area contributed by atoms with Gasteiger partial charge in [-0.1, -0.05) is 23.7 Å². The maximum Gasteiger partial charge on any atom is 0.135 e. The van der Waals surface area contributed by atoms with E-state index in [0.717, 1.165) is 56.8 Å². The molecule has 0 saturated heterocycles. The number of benzene rings is 2. The van der Waals surface area contributed by atoms with E-state index in [4.69, 9.17) is 11.6 Å². The van der Waals surface area contributed by atoms with Crippen molar-refractivity contribution >= 4 is 34.9 Å². The van der Waals surface area contributed by atoms with E-state index in [9.17, 15) is 5.26 Å². The molecular weight excluding hydrogens is 426 g/mol. The Morgan fingerprint density at radius 3 is 2.84 bits per heavy atom. The van der Waals surface area contributed by atoms with Crippen molar-refractivity contribution in [3.05, 3.63) is 75.7 Å². The van der Waals surface area contributed by atoms with Crippen molar-refractivity contribution in [1.29, 1.82) is 5.26 Å². The zero-order valence-corrected chi connectivity index (χ0v) is 19.4. The molecule has 1 aliphatic rings. The summed E-state index contributed by atoms with van der Waals surface area (Å²) in [7, 11) is 0. The second kappa shape index (κ2) is 9.17. The summed E-state index contributed by atoms with van der Waals surface area (Å²) >= 11 is 7.91. The van der Waals surface area contributed by atoms with E-state index in [1.54, 1.807) is 18.1 Å². The van der Waals surface area contributed by atoms with Crippen LogP contribution in [0.15, 0.2) is 47.6 Å². The number of anilines is 2. The van der Waals surface area contributed by atoms with Crippen molar-refractivity contribution in [2.45, 2.75) is 37.8 Å². The fourth-order valence-electron chi connectivity index (χ4n) is 3.92. The highest BCUT2D eigenvalue weighted by Gasteiger charge is 2.24. The Kier molecular flexibility index (Phi) is 6.35. The quantitative estimate of drug-likeness (QED) is 0.499. The predicted molar refractivity (Wildman–Crippen MR) is 128 cm³/mol. The second-order valence-electron chi connectivity index (χ2n) is 7.71. The van der Waals surface area contributed by atoms with Gasteiger partial charge in [-0.2, -0.15) is 5.26 Å². The lowest BCUT2D eigenvalue weighted by Crippen LogP contribution is -2.32. The van der Waals surface area contributed by atoms with E-state index in [1.807, 2.05) is 37.4 Å². The normalized spacial score (nSPS) is 14.0. The summed E-state index contributed by atoms with van der Waals surface area (Å²) in [5.41, 5.74) is 6.05. The third-order valence-electron chi connectivity index (χ3n) is 5.64. The Labute approximate surface area is 192 Å². The first-order valence-corrected chi connectivity index (χ1v) is 11.8. The third-order valence-corrected chi connectivity index (χ3v) is 6.86. The van der Waals surface area contributed by atoms with E-state index >= 15 is 0 Å². The molecule has 0 unspecified atom stereocenters. The topological polar surface area (TPSA) is 64.8 Å². The molecule has 0 saturated carbocycles. The lowest BCUT2D eigenvalue weighted by molar-refractivity contribution is 0.702. The number of aryl methyl sites for hydroxylation is 1. The number of aromatic nitrogens is 2. The van der Waals surface area contributed by atoms with Gasteiger partial charge in [0.2, 0.25) is 0 Å². The minimum absolute atomic E-state index is 0.0617. The van der Waals surface area contributed by atoms with Gasteiger partial charge in [0, 0.05) is 36.0 Å². The van der Waals surface area contributed by atoms with Gasteiger partial charge in [-0.25, -0.2) is 9.97 Å². The second-order valence-corrected chi connectivity index (χ2v) is 8.97. The highest BCUT2D eigenvalue weighted by atomic mass is 35.5. The summed E-state index contributed by atoms with van der Waals surface area (Å²) in [6.45, 7) is 5.62. The lowest BCUT2D eigenvalue weighted by atomic mass is 10.0. The molecule has 0 fully saturated rings. The maximum absolute atomic E-state index is 9.61. The molecule has 158 valence electrons. The summed E-state index contributed by atoms with van der Waals surface area (Å²) in [4.78, 5) is 12.4. The molecule has 0 amide bonds. The van der Waals surface area contributed by atoms with Crippen molar-refractivity contribution in [2.24, 2.45) is 0 Å². The van der Waals surface area contributed by atoms with Crippen LogP contribution in [0.4, 0.5) is 11.5 Å². The first-order chi connectivity index (χ1) is 15.0. The molecule has 1 aliphatic heterocycles. The van der Waals surface area contributed by atoms with Crippen molar-refractivity contribution in [2.75, 3.05) is 23.0 Å². The van der Waals surface area contributed by atoms with Crippen LogP contribution >= 0.6 is 23.4 Å². The Balaban J connectivity index is 1.61. The van der Waals surface area contributed by atoms with Gasteiger partial charge in [0.05, 0.1) is 22.0 Å². The average Bonchev–Trinajstić information content (AvgIpc) is 2.79. The van der Waals surface area contributed by atoms with Crippen molar-refractivity contribution in [3.63, 3.8) is 0 Å². The molecule has 0 spiro atoms. The van der Waals surface area contributed by atoms with Gasteiger partial charge in [0.15, 0.2) is 0 Å². The Morgan fingerprint density at radius 1 is 1.23 bits per heavy atom. The van der Waals surface area contributed by atoms with Crippen LogP contribution in [0, 0.1) is 18.3 Å². The predicted octanol–water partition coefficient (Wildman–Crippen LogP) is 5.77. The minimum atomic E-state index is 0.0617. The monoisotopic (exact) mass is 449 g/mol. The summed E-state index contributed by atoms with van der Waals surface area (Å²) in [6, 6.07) is 14.5. The molecule has 1 aromatic heterocycles. The number of hydrogen-bond donors (Lipinski definition) is 1. The van der Waals surface area contributed by atoms with Crippen LogP contribution in [-0.4, -0.2) is 22.8 Å². The van der Waals surface area contributed by atoms with Crippen molar-refractivity contribution in [1.82, 2.24) is 9.97 Å². The molecule has 2 heterocycles. The zero-order valence-electron chi connectivity index (χ0n) is 17.8. The van der Waals surface area contributed by atoms with Gasteiger partial charge in [-0.15, -0.1) is 11.8 Å². The van der Waals surface area contributed by atoms with Crippen molar-refractivity contribution in [3.8, 4) is 6.07 Å². The Bertz CT molecular complexity index is 1160. The molecule has 0 bridgehead atoms.